The molecule has 0 spiro atoms. The molecule has 4 aromatic heterocycles. The zero-order chi connectivity index (χ0) is 28.4. The van der Waals surface area contributed by atoms with Crippen molar-refractivity contribution in [3.05, 3.63) is 108 Å². The Morgan fingerprint density at radius 3 is 2.00 bits per heavy atom. The van der Waals surface area contributed by atoms with E-state index in [0.717, 1.165) is 56.0 Å². The van der Waals surface area contributed by atoms with E-state index in [-0.39, 0.29) is 5.92 Å². The zero-order valence-electron chi connectivity index (χ0n) is 23.5. The van der Waals surface area contributed by atoms with Crippen LogP contribution in [0.4, 0.5) is 0 Å². The maximum absolute atomic E-state index is 6.61. The molecule has 6 heteroatoms. The number of hydrogen-bond donors (Lipinski definition) is 0. The highest BCUT2D eigenvalue weighted by Crippen LogP contribution is 2.40. The normalized spacial score (nSPS) is 12.9. The standard InChI is InChI=1S/C36H28N2O4/c1-20(2)26-8-4-23(34-33(26)28-10-6-25(19-32(28)42-34)36-38-13-15-40-36)16-21(3)22-7-11-30-29(17-22)27-9-5-24(18-31(27)41-30)35-37-12-14-39-35/h4-15,17-21H,16H2,1-3H3. The van der Waals surface area contributed by atoms with Gasteiger partial charge in [0.2, 0.25) is 11.8 Å². The highest BCUT2D eigenvalue weighted by atomic mass is 16.3. The van der Waals surface area contributed by atoms with Gasteiger partial charge < -0.3 is 17.7 Å². The predicted molar refractivity (Wildman–Crippen MR) is 165 cm³/mol. The van der Waals surface area contributed by atoms with Crippen molar-refractivity contribution < 1.29 is 17.7 Å². The lowest BCUT2D eigenvalue weighted by Crippen LogP contribution is -2.00. The van der Waals surface area contributed by atoms with E-state index >= 15 is 0 Å². The molecule has 4 heterocycles. The summed E-state index contributed by atoms with van der Waals surface area (Å²) in [5, 5.41) is 4.50. The van der Waals surface area contributed by atoms with Gasteiger partial charge in [0, 0.05) is 32.7 Å². The first-order chi connectivity index (χ1) is 20.5. The average Bonchev–Trinajstić information content (AvgIpc) is 3.82. The lowest BCUT2D eigenvalue weighted by atomic mass is 9.89. The van der Waals surface area contributed by atoms with Gasteiger partial charge >= 0.3 is 0 Å². The molecular weight excluding hydrogens is 524 g/mol. The molecule has 4 aromatic carbocycles. The van der Waals surface area contributed by atoms with Crippen LogP contribution in [0.1, 0.15) is 49.3 Å². The van der Waals surface area contributed by atoms with Crippen molar-refractivity contribution in [2.24, 2.45) is 0 Å². The van der Waals surface area contributed by atoms with Crippen molar-refractivity contribution in [3.63, 3.8) is 0 Å². The number of aromatic nitrogens is 2. The smallest absolute Gasteiger partial charge is 0.225 e. The van der Waals surface area contributed by atoms with Crippen LogP contribution in [0.2, 0.25) is 0 Å². The number of benzene rings is 4. The Labute approximate surface area is 241 Å². The van der Waals surface area contributed by atoms with E-state index in [1.165, 1.54) is 22.1 Å². The molecule has 42 heavy (non-hydrogen) atoms. The van der Waals surface area contributed by atoms with E-state index in [1.807, 2.05) is 18.2 Å². The molecule has 0 fully saturated rings. The number of oxazole rings is 2. The van der Waals surface area contributed by atoms with E-state index in [1.54, 1.807) is 24.9 Å². The lowest BCUT2D eigenvalue weighted by Gasteiger charge is -2.15. The maximum atomic E-state index is 6.61. The van der Waals surface area contributed by atoms with Crippen molar-refractivity contribution in [1.29, 1.82) is 0 Å². The van der Waals surface area contributed by atoms with E-state index in [0.29, 0.717) is 17.7 Å². The molecule has 0 saturated heterocycles. The van der Waals surface area contributed by atoms with Crippen LogP contribution in [-0.2, 0) is 6.42 Å². The van der Waals surface area contributed by atoms with Gasteiger partial charge in [-0.15, -0.1) is 0 Å². The minimum absolute atomic E-state index is 0.259. The van der Waals surface area contributed by atoms with Gasteiger partial charge in [-0.1, -0.05) is 39.0 Å². The molecule has 0 radical (unpaired) electrons. The Balaban J connectivity index is 1.18. The third-order valence-corrected chi connectivity index (χ3v) is 8.31. The Morgan fingerprint density at radius 1 is 0.643 bits per heavy atom. The van der Waals surface area contributed by atoms with Crippen LogP contribution in [0, 0.1) is 0 Å². The zero-order valence-corrected chi connectivity index (χ0v) is 23.5. The van der Waals surface area contributed by atoms with Gasteiger partial charge in [-0.05, 0) is 83.5 Å². The second-order valence-corrected chi connectivity index (χ2v) is 11.3. The summed E-state index contributed by atoms with van der Waals surface area (Å²) in [6.45, 7) is 6.74. The van der Waals surface area contributed by atoms with Gasteiger partial charge in [0.05, 0.1) is 12.4 Å². The SMILES string of the molecule is CC(C)c1ccc(CC(C)c2ccc3oc4cc(-c5ncco5)ccc4c3c2)c2oc3cc(-c4ncco4)ccc3c12. The van der Waals surface area contributed by atoms with Crippen LogP contribution in [0.3, 0.4) is 0 Å². The molecule has 206 valence electrons. The number of nitrogens with zero attached hydrogens (tertiary/aromatic N) is 2. The highest BCUT2D eigenvalue weighted by molar-refractivity contribution is 6.09. The molecule has 1 atom stereocenters. The van der Waals surface area contributed by atoms with Crippen molar-refractivity contribution in [2.75, 3.05) is 0 Å². The summed E-state index contributed by atoms with van der Waals surface area (Å²) in [5.74, 6) is 1.80. The number of hydrogen-bond acceptors (Lipinski definition) is 6. The van der Waals surface area contributed by atoms with Crippen LogP contribution < -0.4 is 0 Å². The fourth-order valence-corrected chi connectivity index (χ4v) is 6.15. The van der Waals surface area contributed by atoms with Crippen LogP contribution in [-0.4, -0.2) is 9.97 Å². The van der Waals surface area contributed by atoms with Crippen LogP contribution in [0.25, 0.3) is 66.8 Å². The molecule has 0 bridgehead atoms. The summed E-state index contributed by atoms with van der Waals surface area (Å²) in [6, 6.07) is 23.3. The van der Waals surface area contributed by atoms with Crippen LogP contribution in [0.15, 0.2) is 109 Å². The topological polar surface area (TPSA) is 78.3 Å². The van der Waals surface area contributed by atoms with Crippen molar-refractivity contribution in [2.45, 2.75) is 39.0 Å². The van der Waals surface area contributed by atoms with Crippen LogP contribution in [0.5, 0.6) is 0 Å². The van der Waals surface area contributed by atoms with Gasteiger partial charge in [0.25, 0.3) is 0 Å². The highest BCUT2D eigenvalue weighted by Gasteiger charge is 2.20. The Hall–Kier alpha value is -5.10. The van der Waals surface area contributed by atoms with Gasteiger partial charge in [-0.3, -0.25) is 0 Å². The first kappa shape index (κ1) is 24.7. The summed E-state index contributed by atoms with van der Waals surface area (Å²) >= 11 is 0. The summed E-state index contributed by atoms with van der Waals surface area (Å²) in [6.07, 6.45) is 7.33. The predicted octanol–water partition coefficient (Wildman–Crippen LogP) is 10.3. The minimum atomic E-state index is 0.259. The van der Waals surface area contributed by atoms with Crippen molar-refractivity contribution in [3.8, 4) is 22.9 Å². The first-order valence-electron chi connectivity index (χ1n) is 14.3. The Morgan fingerprint density at radius 2 is 1.33 bits per heavy atom. The molecule has 6 nitrogen and oxygen atoms in total. The number of rotatable bonds is 6. The number of fused-ring (bicyclic) bond motifs is 6. The molecule has 0 saturated carbocycles. The second-order valence-electron chi connectivity index (χ2n) is 11.3. The van der Waals surface area contributed by atoms with E-state index in [4.69, 9.17) is 17.7 Å². The monoisotopic (exact) mass is 552 g/mol. The maximum Gasteiger partial charge on any atom is 0.225 e. The third-order valence-electron chi connectivity index (χ3n) is 8.31. The van der Waals surface area contributed by atoms with Gasteiger partial charge in [0.1, 0.15) is 34.9 Å². The molecule has 0 aliphatic carbocycles. The molecule has 1 unspecified atom stereocenters. The van der Waals surface area contributed by atoms with Gasteiger partial charge in [-0.2, -0.15) is 0 Å². The lowest BCUT2D eigenvalue weighted by molar-refractivity contribution is 0.574. The summed E-state index contributed by atoms with van der Waals surface area (Å²) in [5.41, 5.74) is 9.04. The number of furan rings is 2. The Bertz CT molecular complexity index is 2220. The molecule has 0 N–H and O–H groups in total. The summed E-state index contributed by atoms with van der Waals surface area (Å²) in [7, 11) is 0. The summed E-state index contributed by atoms with van der Waals surface area (Å²) < 4.78 is 23.8. The summed E-state index contributed by atoms with van der Waals surface area (Å²) in [4.78, 5) is 8.58. The fourth-order valence-electron chi connectivity index (χ4n) is 6.15. The van der Waals surface area contributed by atoms with Gasteiger partial charge in [0.15, 0.2) is 0 Å². The van der Waals surface area contributed by atoms with Crippen LogP contribution >= 0.6 is 0 Å². The van der Waals surface area contributed by atoms with Crippen molar-refractivity contribution in [1.82, 2.24) is 9.97 Å². The van der Waals surface area contributed by atoms with Crippen molar-refractivity contribution >= 4 is 43.9 Å². The molecule has 0 amide bonds. The second kappa shape index (κ2) is 9.48. The van der Waals surface area contributed by atoms with E-state index in [2.05, 4.69) is 79.3 Å². The fraction of sp³-hybridized carbons (Fsp3) is 0.167. The molecule has 8 rings (SSSR count). The third kappa shape index (κ3) is 3.94. The molecular formula is C36H28N2O4. The first-order valence-corrected chi connectivity index (χ1v) is 14.3. The average molecular weight is 553 g/mol. The largest absolute Gasteiger partial charge is 0.456 e. The van der Waals surface area contributed by atoms with Gasteiger partial charge in [-0.25, -0.2) is 9.97 Å². The Kier molecular flexibility index (Phi) is 5.57. The van der Waals surface area contributed by atoms with E-state index < -0.39 is 0 Å². The van der Waals surface area contributed by atoms with E-state index in [9.17, 15) is 0 Å². The molecule has 0 aliphatic heterocycles. The molecule has 0 aliphatic rings. The molecule has 8 aromatic rings. The quantitative estimate of drug-likeness (QED) is 0.204. The minimum Gasteiger partial charge on any atom is -0.456 e.